The zero-order valence-electron chi connectivity index (χ0n) is 24.6. The Balaban J connectivity index is 1.96. The molecule has 1 unspecified atom stereocenters. The minimum Gasteiger partial charge on any atom is -0.490 e. The molecule has 1 amide bonds. The molecule has 1 aromatic heterocycles. The van der Waals surface area contributed by atoms with Crippen molar-refractivity contribution in [3.63, 3.8) is 0 Å². The van der Waals surface area contributed by atoms with Crippen molar-refractivity contribution in [2.45, 2.75) is 43.7 Å². The molecule has 4 rings (SSSR count). The summed E-state index contributed by atoms with van der Waals surface area (Å²) < 4.78 is 86.0. The van der Waals surface area contributed by atoms with Crippen LogP contribution in [0.25, 0.3) is 10.8 Å². The van der Waals surface area contributed by atoms with E-state index in [2.05, 4.69) is 10.3 Å². The number of halogens is 3. The minimum atomic E-state index is -5.61. The zero-order valence-corrected chi connectivity index (χ0v) is 25.4. The molecule has 11 nitrogen and oxygen atoms in total. The van der Waals surface area contributed by atoms with Gasteiger partial charge in [0.05, 0.1) is 29.2 Å². The molecule has 15 heteroatoms. The van der Waals surface area contributed by atoms with Crippen LogP contribution >= 0.6 is 0 Å². The van der Waals surface area contributed by atoms with Crippen molar-refractivity contribution in [3.8, 4) is 17.6 Å². The van der Waals surface area contributed by atoms with Gasteiger partial charge in [-0.3, -0.25) is 9.78 Å². The van der Waals surface area contributed by atoms with E-state index in [1.165, 1.54) is 48.8 Å². The SMILES string of the molecule is CCOc1cc(C(Nc2ccc3cnccc3c2)(OC(=O)C(F)(F)F)C(=O)NS(=O)(=O)c2cccc(C#N)c2)ccc1OC(C)C. The molecular formula is C31H27F3N4O7S. The predicted molar refractivity (Wildman–Crippen MR) is 159 cm³/mol. The predicted octanol–water partition coefficient (Wildman–Crippen LogP) is 5.17. The van der Waals surface area contributed by atoms with E-state index >= 15 is 0 Å². The molecule has 0 bridgehead atoms. The standard InChI is InChI=1S/C31H27F3N4O7S/c1-4-43-27-16-23(9-11-26(27)44-19(2)3)30(45-29(40)31(32,33)34,37-24-10-8-22-18-36-13-12-21(22)15-24)28(39)38-46(41,42)25-7-5-6-20(14-25)17-35/h5-16,18-19,37H,4H2,1-3H3,(H,38,39). The lowest BCUT2D eigenvalue weighted by atomic mass is 9.99. The number of ether oxygens (including phenoxy) is 3. The van der Waals surface area contributed by atoms with Gasteiger partial charge in [-0.1, -0.05) is 12.1 Å². The summed E-state index contributed by atoms with van der Waals surface area (Å²) in [6.45, 7) is 5.12. The average Bonchev–Trinajstić information content (AvgIpc) is 3.00. The molecule has 3 aromatic carbocycles. The van der Waals surface area contributed by atoms with Crippen LogP contribution in [0.2, 0.25) is 0 Å². The maximum Gasteiger partial charge on any atom is 0.491 e. The van der Waals surface area contributed by atoms with Crippen molar-refractivity contribution >= 4 is 38.4 Å². The number of nitrogens with one attached hydrogen (secondary N) is 2. The lowest BCUT2D eigenvalue weighted by molar-refractivity contribution is -0.213. The van der Waals surface area contributed by atoms with Gasteiger partial charge in [-0.2, -0.15) is 18.4 Å². The largest absolute Gasteiger partial charge is 0.491 e. The fourth-order valence-corrected chi connectivity index (χ4v) is 5.33. The molecule has 0 spiro atoms. The Hall–Kier alpha value is -5.36. The second-order valence-electron chi connectivity index (χ2n) is 9.97. The number of benzene rings is 3. The Labute approximate surface area is 262 Å². The first kappa shape index (κ1) is 33.5. The quantitative estimate of drug-likeness (QED) is 0.163. The van der Waals surface area contributed by atoms with E-state index in [0.717, 1.165) is 24.3 Å². The highest BCUT2D eigenvalue weighted by Crippen LogP contribution is 2.38. The minimum absolute atomic E-state index is 0.0341. The number of fused-ring (bicyclic) bond motifs is 1. The van der Waals surface area contributed by atoms with Crippen molar-refractivity contribution in [2.75, 3.05) is 11.9 Å². The van der Waals surface area contributed by atoms with Crippen LogP contribution in [0.5, 0.6) is 11.5 Å². The summed E-state index contributed by atoms with van der Waals surface area (Å²) in [5.41, 5.74) is -3.72. The maximum absolute atomic E-state index is 14.1. The first-order valence-electron chi connectivity index (χ1n) is 13.6. The first-order chi connectivity index (χ1) is 21.7. The zero-order chi connectivity index (χ0) is 33.7. The Morgan fingerprint density at radius 3 is 2.43 bits per heavy atom. The van der Waals surface area contributed by atoms with E-state index < -0.39 is 44.3 Å². The van der Waals surface area contributed by atoms with Gasteiger partial charge in [-0.05, 0) is 80.8 Å². The normalized spacial score (nSPS) is 12.9. The number of alkyl halides is 3. The number of sulfonamides is 1. The number of rotatable bonds is 11. The smallest absolute Gasteiger partial charge is 0.490 e. The Bertz CT molecular complexity index is 1930. The van der Waals surface area contributed by atoms with E-state index in [0.29, 0.717) is 10.8 Å². The van der Waals surface area contributed by atoms with E-state index in [1.807, 2.05) is 0 Å². The van der Waals surface area contributed by atoms with Crippen LogP contribution in [0, 0.1) is 11.3 Å². The van der Waals surface area contributed by atoms with Crippen molar-refractivity contribution < 1.29 is 45.4 Å². The number of hydrogen-bond acceptors (Lipinski definition) is 10. The van der Waals surface area contributed by atoms with Gasteiger partial charge < -0.3 is 19.5 Å². The van der Waals surface area contributed by atoms with Crippen LogP contribution in [-0.2, 0) is 30.1 Å². The number of carbonyl (C=O) groups excluding carboxylic acids is 2. The third kappa shape index (κ3) is 7.46. The third-order valence-corrected chi connectivity index (χ3v) is 7.60. The number of pyridine rings is 1. The summed E-state index contributed by atoms with van der Waals surface area (Å²) >= 11 is 0. The number of aromatic nitrogens is 1. The highest BCUT2D eigenvalue weighted by molar-refractivity contribution is 7.90. The van der Waals surface area contributed by atoms with Crippen molar-refractivity contribution in [3.05, 3.63) is 90.3 Å². The molecule has 0 saturated heterocycles. The highest BCUT2D eigenvalue weighted by atomic mass is 32.2. The van der Waals surface area contributed by atoms with Gasteiger partial charge in [0.2, 0.25) is 0 Å². The number of nitriles is 1. The van der Waals surface area contributed by atoms with Crippen molar-refractivity contribution in [1.82, 2.24) is 9.71 Å². The van der Waals surface area contributed by atoms with Crippen LogP contribution in [0.1, 0.15) is 31.9 Å². The second kappa shape index (κ2) is 13.3. The first-order valence-corrected chi connectivity index (χ1v) is 15.1. The molecule has 4 aromatic rings. The van der Waals surface area contributed by atoms with Gasteiger partial charge >= 0.3 is 18.1 Å². The molecule has 0 radical (unpaired) electrons. The van der Waals surface area contributed by atoms with Crippen LogP contribution < -0.4 is 19.5 Å². The number of anilines is 1. The van der Waals surface area contributed by atoms with E-state index in [-0.39, 0.29) is 35.5 Å². The molecule has 0 aliphatic heterocycles. The lowest BCUT2D eigenvalue weighted by Gasteiger charge is -2.34. The second-order valence-corrected chi connectivity index (χ2v) is 11.6. The number of nitrogens with zero attached hydrogens (tertiary/aromatic N) is 2. The topological polar surface area (TPSA) is 157 Å². The van der Waals surface area contributed by atoms with Gasteiger partial charge in [0.25, 0.3) is 15.7 Å². The molecule has 0 fully saturated rings. The van der Waals surface area contributed by atoms with Gasteiger partial charge in [-0.25, -0.2) is 17.9 Å². The van der Waals surface area contributed by atoms with E-state index in [4.69, 9.17) is 14.2 Å². The maximum atomic E-state index is 14.1. The molecule has 0 aliphatic rings. The molecule has 2 N–H and O–H groups in total. The average molecular weight is 657 g/mol. The van der Waals surface area contributed by atoms with Crippen LogP contribution in [-0.4, -0.2) is 44.2 Å². The van der Waals surface area contributed by atoms with Gasteiger partial charge in [-0.15, -0.1) is 0 Å². The third-order valence-electron chi connectivity index (χ3n) is 6.27. The summed E-state index contributed by atoms with van der Waals surface area (Å²) in [6.07, 6.45) is -2.99. The molecular weight excluding hydrogens is 629 g/mol. The molecule has 0 aliphatic carbocycles. The number of carbonyl (C=O) groups is 2. The van der Waals surface area contributed by atoms with Gasteiger partial charge in [0.15, 0.2) is 11.5 Å². The summed E-state index contributed by atoms with van der Waals surface area (Å²) in [6, 6.07) is 15.8. The lowest BCUT2D eigenvalue weighted by Crippen LogP contribution is -2.55. The monoisotopic (exact) mass is 656 g/mol. The van der Waals surface area contributed by atoms with Crippen molar-refractivity contribution in [1.29, 1.82) is 5.26 Å². The van der Waals surface area contributed by atoms with Crippen LogP contribution in [0.3, 0.4) is 0 Å². The summed E-state index contributed by atoms with van der Waals surface area (Å²) in [5.74, 6) is -4.41. The molecule has 1 heterocycles. The van der Waals surface area contributed by atoms with Crippen LogP contribution in [0.15, 0.2) is 84.0 Å². The highest BCUT2D eigenvalue weighted by Gasteiger charge is 2.53. The summed E-state index contributed by atoms with van der Waals surface area (Å²) in [5, 5.41) is 12.9. The number of hydrogen-bond donors (Lipinski definition) is 2. The van der Waals surface area contributed by atoms with Gasteiger partial charge in [0.1, 0.15) is 0 Å². The Kier molecular flexibility index (Phi) is 9.71. The van der Waals surface area contributed by atoms with E-state index in [9.17, 15) is 36.4 Å². The Morgan fingerprint density at radius 2 is 1.76 bits per heavy atom. The Morgan fingerprint density at radius 1 is 1.00 bits per heavy atom. The molecule has 1 atom stereocenters. The fraction of sp³-hybridized carbons (Fsp3) is 0.226. The molecule has 46 heavy (non-hydrogen) atoms. The van der Waals surface area contributed by atoms with E-state index in [1.54, 1.807) is 37.6 Å². The number of esters is 1. The molecule has 0 saturated carbocycles. The number of amides is 1. The van der Waals surface area contributed by atoms with Crippen LogP contribution in [0.4, 0.5) is 18.9 Å². The van der Waals surface area contributed by atoms with Gasteiger partial charge in [0, 0.05) is 29.0 Å². The summed E-state index contributed by atoms with van der Waals surface area (Å²) in [7, 11) is -4.85. The molecule has 240 valence electrons. The summed E-state index contributed by atoms with van der Waals surface area (Å²) in [4.78, 5) is 30.1. The fourth-order valence-electron chi connectivity index (χ4n) is 4.28. The van der Waals surface area contributed by atoms with Crippen molar-refractivity contribution in [2.24, 2.45) is 0 Å².